The van der Waals surface area contributed by atoms with Crippen molar-refractivity contribution >= 4 is 11.3 Å². The third-order valence-electron chi connectivity index (χ3n) is 3.19. The summed E-state index contributed by atoms with van der Waals surface area (Å²) in [6.45, 7) is 11.7. The van der Waals surface area contributed by atoms with E-state index >= 15 is 0 Å². The third kappa shape index (κ3) is 5.15. The lowest BCUT2D eigenvalue weighted by atomic mass is 9.82. The first-order valence-corrected chi connectivity index (χ1v) is 7.15. The molecule has 1 aromatic heterocycles. The molecule has 0 spiro atoms. The molecule has 1 unspecified atom stereocenters. The molecule has 0 saturated heterocycles. The van der Waals surface area contributed by atoms with E-state index in [9.17, 15) is 0 Å². The van der Waals surface area contributed by atoms with Crippen molar-refractivity contribution in [3.63, 3.8) is 0 Å². The van der Waals surface area contributed by atoms with Crippen LogP contribution in [0.3, 0.4) is 0 Å². The van der Waals surface area contributed by atoms with Crippen LogP contribution in [0, 0.1) is 11.3 Å². The van der Waals surface area contributed by atoms with Crippen molar-refractivity contribution in [1.82, 2.24) is 10.3 Å². The molecule has 3 N–H and O–H groups in total. The van der Waals surface area contributed by atoms with Crippen LogP contribution >= 0.6 is 11.3 Å². The van der Waals surface area contributed by atoms with Crippen LogP contribution in [-0.4, -0.2) is 18.1 Å². The monoisotopic (exact) mass is 255 g/mol. The minimum absolute atomic E-state index is 0.361. The van der Waals surface area contributed by atoms with Gasteiger partial charge in [-0.05, 0) is 24.4 Å². The second-order valence-corrected chi connectivity index (χ2v) is 6.61. The lowest BCUT2D eigenvalue weighted by molar-refractivity contribution is 0.252. The topological polar surface area (TPSA) is 50.9 Å². The number of thiazole rings is 1. The molecule has 0 aliphatic carbocycles. The maximum atomic E-state index is 5.51. The first-order valence-electron chi connectivity index (χ1n) is 6.27. The summed E-state index contributed by atoms with van der Waals surface area (Å²) in [6, 6.07) is 0. The van der Waals surface area contributed by atoms with Gasteiger partial charge in [0, 0.05) is 18.3 Å². The molecule has 0 aromatic carbocycles. The number of nitrogens with one attached hydrogen (secondary N) is 1. The quantitative estimate of drug-likeness (QED) is 0.821. The summed E-state index contributed by atoms with van der Waals surface area (Å²) in [5.74, 6) is 0.657. The van der Waals surface area contributed by atoms with Gasteiger partial charge in [0.15, 0.2) is 0 Å². The average Bonchev–Trinajstić information content (AvgIpc) is 2.65. The van der Waals surface area contributed by atoms with Gasteiger partial charge in [-0.3, -0.25) is 0 Å². The minimum Gasteiger partial charge on any atom is -0.330 e. The van der Waals surface area contributed by atoms with Gasteiger partial charge in [0.2, 0.25) is 0 Å². The molecule has 0 saturated carbocycles. The Balaban J connectivity index is 2.30. The molecule has 0 aliphatic rings. The van der Waals surface area contributed by atoms with E-state index in [0.29, 0.717) is 17.9 Å². The van der Waals surface area contributed by atoms with E-state index in [1.807, 2.05) is 0 Å². The van der Waals surface area contributed by atoms with Crippen LogP contribution in [0.2, 0.25) is 0 Å². The summed E-state index contributed by atoms with van der Waals surface area (Å²) in [4.78, 5) is 4.54. The fraction of sp³-hybridized carbons (Fsp3) is 0.769. The number of hydrogen-bond donors (Lipinski definition) is 2. The van der Waals surface area contributed by atoms with Crippen LogP contribution in [0.25, 0.3) is 0 Å². The first kappa shape index (κ1) is 14.6. The van der Waals surface area contributed by atoms with Crippen molar-refractivity contribution in [2.45, 2.75) is 40.7 Å². The Labute approximate surface area is 109 Å². The summed E-state index contributed by atoms with van der Waals surface area (Å²) < 4.78 is 0. The lowest BCUT2D eigenvalue weighted by Gasteiger charge is -2.27. The predicted molar refractivity (Wildman–Crippen MR) is 75.2 cm³/mol. The van der Waals surface area contributed by atoms with E-state index in [0.717, 1.165) is 30.2 Å². The molecule has 4 heteroatoms. The summed E-state index contributed by atoms with van der Waals surface area (Å²) in [7, 11) is 0. The number of rotatable bonds is 6. The van der Waals surface area contributed by atoms with Crippen LogP contribution in [0.5, 0.6) is 0 Å². The van der Waals surface area contributed by atoms with E-state index in [4.69, 9.17) is 5.73 Å². The summed E-state index contributed by atoms with van der Waals surface area (Å²) in [5, 5.41) is 6.75. The average molecular weight is 255 g/mol. The van der Waals surface area contributed by atoms with Gasteiger partial charge in [-0.15, -0.1) is 11.3 Å². The van der Waals surface area contributed by atoms with Crippen molar-refractivity contribution < 1.29 is 0 Å². The second kappa shape index (κ2) is 6.47. The van der Waals surface area contributed by atoms with Gasteiger partial charge in [0.05, 0.1) is 10.7 Å². The predicted octanol–water partition coefficient (Wildman–Crippen LogP) is 2.42. The van der Waals surface area contributed by atoms with Gasteiger partial charge in [-0.25, -0.2) is 4.98 Å². The molecule has 17 heavy (non-hydrogen) atoms. The first-order chi connectivity index (χ1) is 7.93. The molecule has 1 heterocycles. The summed E-state index contributed by atoms with van der Waals surface area (Å²) >= 11 is 1.71. The lowest BCUT2D eigenvalue weighted by Crippen LogP contribution is -2.29. The van der Waals surface area contributed by atoms with E-state index in [-0.39, 0.29) is 0 Å². The molecular weight excluding hydrogens is 230 g/mol. The SMILES string of the molecule is CC(CNCc1csc(CCN)n1)C(C)(C)C. The maximum absolute atomic E-state index is 5.51. The van der Waals surface area contributed by atoms with E-state index in [1.54, 1.807) is 11.3 Å². The van der Waals surface area contributed by atoms with Gasteiger partial charge >= 0.3 is 0 Å². The number of nitrogens with two attached hydrogens (primary N) is 1. The van der Waals surface area contributed by atoms with Crippen molar-refractivity contribution in [2.24, 2.45) is 17.1 Å². The van der Waals surface area contributed by atoms with Crippen LogP contribution in [0.1, 0.15) is 38.4 Å². The fourth-order valence-corrected chi connectivity index (χ4v) is 2.21. The Morgan fingerprint density at radius 3 is 2.76 bits per heavy atom. The van der Waals surface area contributed by atoms with Gasteiger partial charge in [0.25, 0.3) is 0 Å². The van der Waals surface area contributed by atoms with E-state index < -0.39 is 0 Å². The highest BCUT2D eigenvalue weighted by Gasteiger charge is 2.19. The maximum Gasteiger partial charge on any atom is 0.0941 e. The van der Waals surface area contributed by atoms with Gasteiger partial charge < -0.3 is 11.1 Å². The van der Waals surface area contributed by atoms with Crippen molar-refractivity contribution in [3.8, 4) is 0 Å². The zero-order chi connectivity index (χ0) is 12.9. The molecule has 3 nitrogen and oxygen atoms in total. The van der Waals surface area contributed by atoms with Crippen LogP contribution < -0.4 is 11.1 Å². The number of hydrogen-bond acceptors (Lipinski definition) is 4. The fourth-order valence-electron chi connectivity index (χ4n) is 1.39. The molecule has 0 fully saturated rings. The Morgan fingerprint density at radius 1 is 1.47 bits per heavy atom. The van der Waals surface area contributed by atoms with Crippen molar-refractivity contribution in [1.29, 1.82) is 0 Å². The molecule has 98 valence electrons. The molecule has 0 radical (unpaired) electrons. The standard InChI is InChI=1S/C13H25N3S/c1-10(13(2,3)4)7-15-8-11-9-17-12(16-11)5-6-14/h9-10,15H,5-8,14H2,1-4H3. The zero-order valence-electron chi connectivity index (χ0n) is 11.4. The van der Waals surface area contributed by atoms with Crippen molar-refractivity contribution in [3.05, 3.63) is 16.1 Å². The highest BCUT2D eigenvalue weighted by molar-refractivity contribution is 7.09. The minimum atomic E-state index is 0.361. The highest BCUT2D eigenvalue weighted by atomic mass is 32.1. The molecule has 1 atom stereocenters. The number of aromatic nitrogens is 1. The Hall–Kier alpha value is -0.450. The molecule has 1 aromatic rings. The van der Waals surface area contributed by atoms with Gasteiger partial charge in [-0.1, -0.05) is 27.7 Å². The zero-order valence-corrected chi connectivity index (χ0v) is 12.2. The molecular formula is C13H25N3S. The Morgan fingerprint density at radius 2 is 2.18 bits per heavy atom. The molecule has 0 bridgehead atoms. The summed E-state index contributed by atoms with van der Waals surface area (Å²) in [6.07, 6.45) is 0.892. The Kier molecular flexibility index (Phi) is 5.56. The smallest absolute Gasteiger partial charge is 0.0941 e. The van der Waals surface area contributed by atoms with E-state index in [1.165, 1.54) is 0 Å². The van der Waals surface area contributed by atoms with Crippen LogP contribution in [-0.2, 0) is 13.0 Å². The van der Waals surface area contributed by atoms with Crippen LogP contribution in [0.15, 0.2) is 5.38 Å². The molecule has 0 aliphatic heterocycles. The third-order valence-corrected chi connectivity index (χ3v) is 4.15. The highest BCUT2D eigenvalue weighted by Crippen LogP contribution is 2.24. The van der Waals surface area contributed by atoms with E-state index in [2.05, 4.69) is 43.4 Å². The molecule has 0 amide bonds. The molecule has 1 rings (SSSR count). The number of nitrogens with zero attached hydrogens (tertiary/aromatic N) is 1. The second-order valence-electron chi connectivity index (χ2n) is 5.67. The van der Waals surface area contributed by atoms with Gasteiger partial charge in [0.1, 0.15) is 0 Å². The largest absolute Gasteiger partial charge is 0.330 e. The Bertz CT molecular complexity index is 328. The summed E-state index contributed by atoms with van der Waals surface area (Å²) in [5.41, 5.74) is 7.01. The van der Waals surface area contributed by atoms with Crippen LogP contribution in [0.4, 0.5) is 0 Å². The normalized spacial score (nSPS) is 13.9. The van der Waals surface area contributed by atoms with Crippen molar-refractivity contribution in [2.75, 3.05) is 13.1 Å². The van der Waals surface area contributed by atoms with Gasteiger partial charge in [-0.2, -0.15) is 0 Å².